The predicted molar refractivity (Wildman–Crippen MR) is 79.1 cm³/mol. The first-order chi connectivity index (χ1) is 9.06. The molecule has 0 bridgehead atoms. The van der Waals surface area contributed by atoms with Crippen molar-refractivity contribution < 1.29 is 9.90 Å². The third-order valence-electron chi connectivity index (χ3n) is 3.30. The minimum Gasteiger partial charge on any atom is -0.478 e. The van der Waals surface area contributed by atoms with Crippen molar-refractivity contribution in [2.45, 2.75) is 26.3 Å². The number of hydrogen-bond donors (Lipinski definition) is 1. The number of hydrogen-bond acceptors (Lipinski definition) is 3. The number of para-hydroxylation sites is 1. The Bertz CT molecular complexity index is 607. The number of carboxylic acid groups (broad SMARTS) is 1. The van der Waals surface area contributed by atoms with Crippen LogP contribution in [0.1, 0.15) is 35.6 Å². The van der Waals surface area contributed by atoms with E-state index in [1.807, 2.05) is 13.0 Å². The van der Waals surface area contributed by atoms with Gasteiger partial charge in [-0.2, -0.15) is 11.8 Å². The number of thioether (sulfide) groups is 1. The van der Waals surface area contributed by atoms with Crippen molar-refractivity contribution in [1.82, 2.24) is 9.55 Å². The van der Waals surface area contributed by atoms with Crippen LogP contribution in [0.25, 0.3) is 11.0 Å². The monoisotopic (exact) mass is 278 g/mol. The minimum atomic E-state index is -0.899. The summed E-state index contributed by atoms with van der Waals surface area (Å²) in [4.78, 5) is 15.8. The van der Waals surface area contributed by atoms with Gasteiger partial charge in [-0.25, -0.2) is 9.78 Å². The van der Waals surface area contributed by atoms with Crippen LogP contribution >= 0.6 is 11.8 Å². The zero-order valence-corrected chi connectivity index (χ0v) is 12.2. The molecule has 1 heterocycles. The topological polar surface area (TPSA) is 55.1 Å². The molecule has 4 nitrogen and oxygen atoms in total. The normalized spacial score (nSPS) is 12.8. The summed E-state index contributed by atoms with van der Waals surface area (Å²) in [6, 6.07) is 5.50. The molecule has 102 valence electrons. The fourth-order valence-corrected chi connectivity index (χ4v) is 2.97. The highest BCUT2D eigenvalue weighted by atomic mass is 32.2. The van der Waals surface area contributed by atoms with Crippen molar-refractivity contribution in [3.05, 3.63) is 29.6 Å². The number of rotatable bonds is 5. The van der Waals surface area contributed by atoms with Gasteiger partial charge in [0.25, 0.3) is 0 Å². The van der Waals surface area contributed by atoms with Gasteiger partial charge in [-0.15, -0.1) is 0 Å². The summed E-state index contributed by atoms with van der Waals surface area (Å²) in [6.45, 7) is 4.05. The summed E-state index contributed by atoms with van der Waals surface area (Å²) in [5.41, 5.74) is 1.82. The van der Waals surface area contributed by atoms with Crippen LogP contribution in [0.5, 0.6) is 0 Å². The molecule has 2 aromatic rings. The number of imidazole rings is 1. The van der Waals surface area contributed by atoms with Crippen molar-refractivity contribution in [2.75, 3.05) is 12.0 Å². The van der Waals surface area contributed by atoms with Gasteiger partial charge in [0.05, 0.1) is 16.6 Å². The molecule has 2 rings (SSSR count). The lowest BCUT2D eigenvalue weighted by Crippen LogP contribution is -2.10. The lowest BCUT2D eigenvalue weighted by molar-refractivity contribution is 0.0698. The van der Waals surface area contributed by atoms with Gasteiger partial charge in [0.2, 0.25) is 0 Å². The second kappa shape index (κ2) is 5.65. The number of fused-ring (bicyclic) bond motifs is 1. The van der Waals surface area contributed by atoms with Crippen LogP contribution in [-0.2, 0) is 0 Å². The first-order valence-electron chi connectivity index (χ1n) is 6.26. The number of carboxylic acids is 1. The maximum Gasteiger partial charge on any atom is 0.337 e. The van der Waals surface area contributed by atoms with Crippen molar-refractivity contribution in [2.24, 2.45) is 0 Å². The average molecular weight is 278 g/mol. The molecule has 0 aliphatic rings. The molecule has 0 fully saturated rings. The highest BCUT2D eigenvalue weighted by molar-refractivity contribution is 7.98. The highest BCUT2D eigenvalue weighted by Crippen LogP contribution is 2.26. The van der Waals surface area contributed by atoms with Crippen LogP contribution in [0.4, 0.5) is 0 Å². The highest BCUT2D eigenvalue weighted by Gasteiger charge is 2.18. The SMILES string of the molecule is CSCCC(C)n1c(C)nc2cccc(C(=O)O)c21. The summed E-state index contributed by atoms with van der Waals surface area (Å²) in [5.74, 6) is 1.02. The van der Waals surface area contributed by atoms with Crippen LogP contribution in [0.3, 0.4) is 0 Å². The molecule has 5 heteroatoms. The Morgan fingerprint density at radius 2 is 2.26 bits per heavy atom. The van der Waals surface area contributed by atoms with Crippen LogP contribution in [-0.4, -0.2) is 32.6 Å². The third kappa shape index (κ3) is 2.61. The number of aryl methyl sites for hydroxylation is 1. The van der Waals surface area contributed by atoms with Crippen molar-refractivity contribution >= 4 is 28.8 Å². The molecule has 0 saturated carbocycles. The van der Waals surface area contributed by atoms with E-state index in [0.717, 1.165) is 29.0 Å². The standard InChI is InChI=1S/C14H18N2O2S/c1-9(7-8-19-3)16-10(2)15-12-6-4-5-11(13(12)16)14(17)18/h4-6,9H,7-8H2,1-3H3,(H,17,18). The maximum atomic E-state index is 11.4. The molecule has 1 N–H and O–H groups in total. The van der Waals surface area contributed by atoms with Crippen LogP contribution < -0.4 is 0 Å². The molecular weight excluding hydrogens is 260 g/mol. The number of nitrogens with zero attached hydrogens (tertiary/aromatic N) is 2. The second-order valence-corrected chi connectivity index (χ2v) is 5.62. The van der Waals surface area contributed by atoms with E-state index in [0.29, 0.717) is 5.56 Å². The summed E-state index contributed by atoms with van der Waals surface area (Å²) in [7, 11) is 0. The van der Waals surface area contributed by atoms with E-state index >= 15 is 0 Å². The number of carbonyl (C=O) groups is 1. The minimum absolute atomic E-state index is 0.248. The van der Waals surface area contributed by atoms with Gasteiger partial charge in [-0.3, -0.25) is 0 Å². The molecule has 0 radical (unpaired) electrons. The van der Waals surface area contributed by atoms with Gasteiger partial charge < -0.3 is 9.67 Å². The Hall–Kier alpha value is -1.49. The quantitative estimate of drug-likeness (QED) is 0.911. The van der Waals surface area contributed by atoms with Crippen molar-refractivity contribution in [3.8, 4) is 0 Å². The molecule has 0 spiro atoms. The Labute approximate surface area is 116 Å². The van der Waals surface area contributed by atoms with Crippen molar-refractivity contribution in [3.63, 3.8) is 0 Å². The zero-order valence-electron chi connectivity index (χ0n) is 11.4. The van der Waals surface area contributed by atoms with Gasteiger partial charge >= 0.3 is 5.97 Å². The summed E-state index contributed by atoms with van der Waals surface area (Å²) in [5, 5.41) is 9.33. The fraction of sp³-hybridized carbons (Fsp3) is 0.429. The predicted octanol–water partition coefficient (Wildman–Crippen LogP) is 3.36. The van der Waals surface area contributed by atoms with E-state index in [4.69, 9.17) is 0 Å². The number of aromatic carboxylic acids is 1. The van der Waals surface area contributed by atoms with E-state index in [9.17, 15) is 9.90 Å². The molecule has 0 aliphatic heterocycles. The van der Waals surface area contributed by atoms with Gasteiger partial charge in [-0.1, -0.05) is 6.07 Å². The Morgan fingerprint density at radius 3 is 2.89 bits per heavy atom. The zero-order chi connectivity index (χ0) is 14.0. The third-order valence-corrected chi connectivity index (χ3v) is 3.94. The Balaban J connectivity index is 2.59. The molecule has 19 heavy (non-hydrogen) atoms. The lowest BCUT2D eigenvalue weighted by Gasteiger charge is -2.16. The van der Waals surface area contributed by atoms with Crippen LogP contribution in [0, 0.1) is 6.92 Å². The van der Waals surface area contributed by atoms with E-state index < -0.39 is 5.97 Å². The van der Waals surface area contributed by atoms with Crippen LogP contribution in [0.2, 0.25) is 0 Å². The molecule has 1 atom stereocenters. The summed E-state index contributed by atoms with van der Waals surface area (Å²) < 4.78 is 2.05. The van der Waals surface area contributed by atoms with E-state index in [1.165, 1.54) is 0 Å². The van der Waals surface area contributed by atoms with Gasteiger partial charge in [0.1, 0.15) is 5.82 Å². The first-order valence-corrected chi connectivity index (χ1v) is 7.65. The smallest absolute Gasteiger partial charge is 0.337 e. The molecule has 0 aliphatic carbocycles. The molecule has 1 aromatic carbocycles. The van der Waals surface area contributed by atoms with Crippen LogP contribution in [0.15, 0.2) is 18.2 Å². The summed E-state index contributed by atoms with van der Waals surface area (Å²) in [6.07, 6.45) is 3.08. The molecule has 0 saturated heterocycles. The van der Waals surface area contributed by atoms with Gasteiger partial charge in [0.15, 0.2) is 0 Å². The Morgan fingerprint density at radius 1 is 1.53 bits per heavy atom. The Kier molecular flexibility index (Phi) is 4.14. The van der Waals surface area contributed by atoms with Crippen molar-refractivity contribution in [1.29, 1.82) is 0 Å². The second-order valence-electron chi connectivity index (χ2n) is 4.64. The summed E-state index contributed by atoms with van der Waals surface area (Å²) >= 11 is 1.80. The molecule has 1 unspecified atom stereocenters. The van der Waals surface area contributed by atoms with Gasteiger partial charge in [-0.05, 0) is 44.4 Å². The number of aromatic nitrogens is 2. The lowest BCUT2D eigenvalue weighted by atomic mass is 10.1. The average Bonchev–Trinajstić information content (AvgIpc) is 2.71. The maximum absolute atomic E-state index is 11.4. The molecule has 1 aromatic heterocycles. The van der Waals surface area contributed by atoms with E-state index in [-0.39, 0.29) is 6.04 Å². The van der Waals surface area contributed by atoms with E-state index in [1.54, 1.807) is 23.9 Å². The van der Waals surface area contributed by atoms with E-state index in [2.05, 4.69) is 22.7 Å². The fourth-order valence-electron chi connectivity index (χ4n) is 2.39. The molecule has 0 amide bonds. The molecular formula is C14H18N2O2S. The first kappa shape index (κ1) is 13.9. The largest absolute Gasteiger partial charge is 0.478 e. The number of benzene rings is 1. The van der Waals surface area contributed by atoms with Gasteiger partial charge in [0, 0.05) is 6.04 Å².